The molecule has 0 bridgehead atoms. The molecule has 0 fully saturated rings. The van der Waals surface area contributed by atoms with Gasteiger partial charge in [-0.15, -0.1) is 0 Å². The van der Waals surface area contributed by atoms with Crippen LogP contribution in [0.1, 0.15) is 18.3 Å². The number of hydrogen-bond donors (Lipinski definition) is 1. The molecule has 1 aromatic heterocycles. The number of imidazole rings is 1. The van der Waals surface area contributed by atoms with Gasteiger partial charge < -0.3 is 19.2 Å². The summed E-state index contributed by atoms with van der Waals surface area (Å²) in [6, 6.07) is 5.95. The molecule has 31 heavy (non-hydrogen) atoms. The molecule has 1 aliphatic heterocycles. The minimum atomic E-state index is 0.128. The average Bonchev–Trinajstić information content (AvgIpc) is 3.42. The molecule has 0 spiro atoms. The lowest BCUT2D eigenvalue weighted by molar-refractivity contribution is 0.186. The van der Waals surface area contributed by atoms with Crippen molar-refractivity contribution in [1.29, 1.82) is 0 Å². The molecule has 2 aromatic rings. The first-order chi connectivity index (χ1) is 15.1. The number of aliphatic imine (C=N–C) groups is 1. The van der Waals surface area contributed by atoms with Crippen LogP contribution in [0.2, 0.25) is 0 Å². The predicted octanol–water partition coefficient (Wildman–Crippen LogP) is 5.17. The molecule has 0 amide bonds. The lowest BCUT2D eigenvalue weighted by Crippen LogP contribution is -2.10. The predicted molar refractivity (Wildman–Crippen MR) is 124 cm³/mol. The molecule has 1 atom stereocenters. The number of allylic oxidation sites excluding steroid dienone is 8. The number of nitrogens with zero attached hydrogens (tertiary/aromatic N) is 2. The Labute approximate surface area is 181 Å². The van der Waals surface area contributed by atoms with Crippen LogP contribution in [-0.2, 0) is 14.2 Å². The zero-order valence-electron chi connectivity index (χ0n) is 18.1. The van der Waals surface area contributed by atoms with Crippen molar-refractivity contribution in [3.05, 3.63) is 90.0 Å². The van der Waals surface area contributed by atoms with E-state index in [2.05, 4.69) is 22.6 Å². The van der Waals surface area contributed by atoms with Gasteiger partial charge in [0.2, 0.25) is 0 Å². The van der Waals surface area contributed by atoms with E-state index in [0.29, 0.717) is 17.3 Å². The van der Waals surface area contributed by atoms with Crippen molar-refractivity contribution in [1.82, 2.24) is 9.97 Å². The second kappa shape index (κ2) is 8.52. The van der Waals surface area contributed by atoms with Gasteiger partial charge in [-0.2, -0.15) is 0 Å². The summed E-state index contributed by atoms with van der Waals surface area (Å²) in [4.78, 5) is 12.8. The number of fused-ring (bicyclic) bond motifs is 2. The van der Waals surface area contributed by atoms with Gasteiger partial charge in [0.25, 0.3) is 0 Å². The number of para-hydroxylation sites is 1. The second-order valence-electron chi connectivity index (χ2n) is 7.18. The summed E-state index contributed by atoms with van der Waals surface area (Å²) < 4.78 is 16.3. The van der Waals surface area contributed by atoms with Crippen LogP contribution in [0.5, 0.6) is 0 Å². The van der Waals surface area contributed by atoms with Crippen molar-refractivity contribution in [3.8, 4) is 0 Å². The quantitative estimate of drug-likeness (QED) is 0.500. The molecule has 158 valence electrons. The van der Waals surface area contributed by atoms with Gasteiger partial charge in [0, 0.05) is 23.3 Å². The Morgan fingerprint density at radius 3 is 2.71 bits per heavy atom. The second-order valence-corrected chi connectivity index (χ2v) is 7.18. The van der Waals surface area contributed by atoms with Crippen LogP contribution in [0, 0.1) is 5.92 Å². The first-order valence-corrected chi connectivity index (χ1v) is 9.93. The van der Waals surface area contributed by atoms with Gasteiger partial charge in [-0.1, -0.05) is 36.9 Å². The van der Waals surface area contributed by atoms with Gasteiger partial charge in [0.1, 0.15) is 11.6 Å². The molecule has 2 aliphatic rings. The Hall–Kier alpha value is -3.80. The molecule has 0 saturated heterocycles. The fraction of sp³-hybridized carbons (Fsp3) is 0.200. The molecule has 1 aromatic carbocycles. The van der Waals surface area contributed by atoms with E-state index in [9.17, 15) is 0 Å². The molecular formula is C25H25N3O3. The largest absolute Gasteiger partial charge is 0.497 e. The van der Waals surface area contributed by atoms with Gasteiger partial charge >= 0.3 is 0 Å². The third-order valence-electron chi connectivity index (χ3n) is 5.40. The van der Waals surface area contributed by atoms with E-state index in [-0.39, 0.29) is 5.92 Å². The zero-order valence-corrected chi connectivity index (χ0v) is 18.1. The van der Waals surface area contributed by atoms with Gasteiger partial charge in [-0.25, -0.2) is 4.98 Å². The Balaban J connectivity index is 1.72. The minimum absolute atomic E-state index is 0.128. The van der Waals surface area contributed by atoms with Crippen molar-refractivity contribution in [2.75, 3.05) is 21.3 Å². The summed E-state index contributed by atoms with van der Waals surface area (Å²) in [5.74, 6) is 2.59. The Morgan fingerprint density at radius 1 is 1.13 bits per heavy atom. The topological polar surface area (TPSA) is 68.7 Å². The molecule has 1 N–H and O–H groups in total. The summed E-state index contributed by atoms with van der Waals surface area (Å²) in [7, 11) is 4.76. The number of benzene rings is 1. The highest BCUT2D eigenvalue weighted by atomic mass is 16.5. The van der Waals surface area contributed by atoms with E-state index in [1.54, 1.807) is 21.3 Å². The van der Waals surface area contributed by atoms with Crippen LogP contribution < -0.4 is 0 Å². The molecule has 1 unspecified atom stereocenters. The van der Waals surface area contributed by atoms with Crippen molar-refractivity contribution in [2.45, 2.75) is 6.92 Å². The molecule has 6 nitrogen and oxygen atoms in total. The van der Waals surface area contributed by atoms with E-state index in [0.717, 1.165) is 39.3 Å². The summed E-state index contributed by atoms with van der Waals surface area (Å²) in [5.41, 5.74) is 5.54. The maximum atomic E-state index is 5.55. The number of H-pyrrole nitrogens is 1. The smallest absolute Gasteiger partial charge is 0.198 e. The third-order valence-corrected chi connectivity index (χ3v) is 5.40. The maximum Gasteiger partial charge on any atom is 0.198 e. The summed E-state index contributed by atoms with van der Waals surface area (Å²) in [6.07, 6.45) is 11.9. The van der Waals surface area contributed by atoms with Crippen LogP contribution >= 0.6 is 0 Å². The van der Waals surface area contributed by atoms with E-state index in [4.69, 9.17) is 19.2 Å². The zero-order chi connectivity index (χ0) is 22.0. The lowest BCUT2D eigenvalue weighted by Gasteiger charge is -2.13. The Bertz CT molecular complexity index is 1220. The molecule has 4 rings (SSSR count). The standard InChI is InChI=1S/C25H25N3O3/c1-15(13-22(30-4)24(31-5)16(2)29-3)17-10-8-12-21-23(17)28-25(27-21)19-14-26-20-11-7-6-9-18(19)20/h6-14,18H,1H2,2-5H3,(H,27,28)/b22-13+,24-16-. The first-order valence-electron chi connectivity index (χ1n) is 9.93. The molecule has 1 aliphatic carbocycles. The number of rotatable bonds is 7. The number of aromatic nitrogens is 2. The Morgan fingerprint density at radius 2 is 1.97 bits per heavy atom. The van der Waals surface area contributed by atoms with Crippen LogP contribution in [0.25, 0.3) is 22.2 Å². The highest BCUT2D eigenvalue weighted by Crippen LogP contribution is 2.34. The van der Waals surface area contributed by atoms with Gasteiger partial charge in [0.15, 0.2) is 11.5 Å². The normalized spacial score (nSPS) is 18.3. The maximum absolute atomic E-state index is 5.55. The SMILES string of the molecule is C=C(/C=C(OC)\C(OC)=C(/C)OC)c1cccc2nc(C3=CN=C4C=CC=CC34)[nH]c12. The van der Waals surface area contributed by atoms with Gasteiger partial charge in [0.05, 0.1) is 38.1 Å². The van der Waals surface area contributed by atoms with E-state index in [1.165, 1.54) is 0 Å². The van der Waals surface area contributed by atoms with Gasteiger partial charge in [-0.3, -0.25) is 4.99 Å². The van der Waals surface area contributed by atoms with Crippen molar-refractivity contribution >= 4 is 27.9 Å². The van der Waals surface area contributed by atoms with E-state index >= 15 is 0 Å². The lowest BCUT2D eigenvalue weighted by atomic mass is 9.92. The third kappa shape index (κ3) is 3.72. The summed E-state index contributed by atoms with van der Waals surface area (Å²) >= 11 is 0. The van der Waals surface area contributed by atoms with Crippen LogP contribution in [0.15, 0.2) is 83.6 Å². The summed E-state index contributed by atoms with van der Waals surface area (Å²) in [6.45, 7) is 6.07. The highest BCUT2D eigenvalue weighted by Gasteiger charge is 2.26. The van der Waals surface area contributed by atoms with Gasteiger partial charge in [-0.05, 0) is 30.7 Å². The number of ether oxygens (including phenoxy) is 3. The number of hydrogen-bond acceptors (Lipinski definition) is 5. The molecule has 2 heterocycles. The number of methoxy groups -OCH3 is 3. The van der Waals surface area contributed by atoms with Crippen molar-refractivity contribution in [3.63, 3.8) is 0 Å². The van der Waals surface area contributed by atoms with Crippen molar-refractivity contribution in [2.24, 2.45) is 10.9 Å². The van der Waals surface area contributed by atoms with E-state index in [1.807, 2.05) is 55.6 Å². The average molecular weight is 415 g/mol. The Kier molecular flexibility index (Phi) is 5.62. The van der Waals surface area contributed by atoms with E-state index < -0.39 is 0 Å². The number of aromatic amines is 1. The monoisotopic (exact) mass is 415 g/mol. The molecule has 0 saturated carbocycles. The van der Waals surface area contributed by atoms with Crippen LogP contribution in [0.4, 0.5) is 0 Å². The highest BCUT2D eigenvalue weighted by molar-refractivity contribution is 6.09. The minimum Gasteiger partial charge on any atom is -0.497 e. The van der Waals surface area contributed by atoms with Crippen molar-refractivity contribution < 1.29 is 14.2 Å². The summed E-state index contributed by atoms with van der Waals surface area (Å²) in [5, 5.41) is 0. The fourth-order valence-corrected chi connectivity index (χ4v) is 3.75. The fourth-order valence-electron chi connectivity index (χ4n) is 3.75. The first kappa shape index (κ1) is 20.5. The molecule has 6 heteroatoms. The number of nitrogens with one attached hydrogen (secondary N) is 1. The molecular weight excluding hydrogens is 390 g/mol. The van der Waals surface area contributed by atoms with Crippen LogP contribution in [0.3, 0.4) is 0 Å². The molecule has 0 radical (unpaired) electrons. The van der Waals surface area contributed by atoms with Crippen LogP contribution in [-0.4, -0.2) is 37.0 Å².